The number of anilines is 1. The number of ether oxygens (including phenoxy) is 3. The van der Waals surface area contributed by atoms with Gasteiger partial charge in [-0.2, -0.15) is 0 Å². The van der Waals surface area contributed by atoms with Gasteiger partial charge in [0.15, 0.2) is 11.3 Å². The summed E-state index contributed by atoms with van der Waals surface area (Å²) in [5.41, 5.74) is 0.185. The van der Waals surface area contributed by atoms with E-state index >= 15 is 0 Å². The molecule has 0 aromatic heterocycles. The molecule has 1 fully saturated rings. The Labute approximate surface area is 145 Å². The minimum absolute atomic E-state index is 0.253. The lowest BCUT2D eigenvalue weighted by molar-refractivity contribution is -0.222. The molecule has 8 heteroatoms. The molecule has 0 bridgehead atoms. The fourth-order valence-corrected chi connectivity index (χ4v) is 2.66. The summed E-state index contributed by atoms with van der Waals surface area (Å²) in [7, 11) is 1.50. The highest BCUT2D eigenvalue weighted by Gasteiger charge is 2.39. The van der Waals surface area contributed by atoms with Gasteiger partial charge in [-0.15, -0.1) is 0 Å². The average molecular weight is 438 g/mol. The van der Waals surface area contributed by atoms with E-state index in [1.807, 2.05) is 0 Å². The minimum atomic E-state index is -1.27. The van der Waals surface area contributed by atoms with Gasteiger partial charge >= 0.3 is 11.9 Å². The molecule has 0 radical (unpaired) electrons. The van der Waals surface area contributed by atoms with Crippen molar-refractivity contribution < 1.29 is 23.8 Å². The molecular weight excluding hydrogens is 425 g/mol. The van der Waals surface area contributed by atoms with Crippen molar-refractivity contribution in [3.8, 4) is 5.75 Å². The van der Waals surface area contributed by atoms with Crippen molar-refractivity contribution in [2.45, 2.75) is 19.6 Å². The van der Waals surface area contributed by atoms with Crippen LogP contribution in [0.5, 0.6) is 5.75 Å². The predicted octanol–water partition coefficient (Wildman–Crippen LogP) is 3.09. The molecule has 6 nitrogen and oxygen atoms in total. The normalized spacial score (nSPS) is 16.7. The number of carbonyl (C=O) groups is 2. The Morgan fingerprint density at radius 1 is 1.27 bits per heavy atom. The molecule has 1 N–H and O–H groups in total. The molecule has 0 unspecified atom stereocenters. The van der Waals surface area contributed by atoms with Crippen LogP contribution in [0.15, 0.2) is 23.9 Å². The van der Waals surface area contributed by atoms with Crippen molar-refractivity contribution >= 4 is 51.8 Å². The molecule has 0 atom stereocenters. The first kappa shape index (κ1) is 16.9. The van der Waals surface area contributed by atoms with Gasteiger partial charge in [-0.05, 0) is 34.7 Å². The van der Waals surface area contributed by atoms with Crippen molar-refractivity contribution in [3.63, 3.8) is 0 Å². The van der Waals surface area contributed by atoms with Crippen LogP contribution in [0.25, 0.3) is 0 Å². The van der Waals surface area contributed by atoms with Gasteiger partial charge in [-0.1, -0.05) is 11.6 Å². The Kier molecular flexibility index (Phi) is 4.86. The summed E-state index contributed by atoms with van der Waals surface area (Å²) in [5.74, 6) is -2.31. The number of hydrogen-bond donors (Lipinski definition) is 1. The Bertz CT molecular complexity index is 649. The summed E-state index contributed by atoms with van der Waals surface area (Å²) >= 11 is 8.19. The zero-order valence-electron chi connectivity index (χ0n) is 12.0. The smallest absolute Gasteiger partial charge is 0.350 e. The summed E-state index contributed by atoms with van der Waals surface area (Å²) in [6.45, 7) is 2.96. The minimum Gasteiger partial charge on any atom is -0.493 e. The fourth-order valence-electron chi connectivity index (χ4n) is 1.79. The number of carbonyl (C=O) groups excluding carboxylic acids is 2. The van der Waals surface area contributed by atoms with Crippen LogP contribution in [-0.2, 0) is 19.1 Å². The van der Waals surface area contributed by atoms with Crippen LogP contribution in [0.1, 0.15) is 13.8 Å². The van der Waals surface area contributed by atoms with Gasteiger partial charge in [0.2, 0.25) is 0 Å². The molecule has 118 valence electrons. The molecule has 1 aliphatic rings. The van der Waals surface area contributed by atoms with Gasteiger partial charge in [0.1, 0.15) is 5.69 Å². The van der Waals surface area contributed by atoms with E-state index in [4.69, 9.17) is 25.8 Å². The summed E-state index contributed by atoms with van der Waals surface area (Å²) in [5, 5.41) is 3.19. The lowest BCUT2D eigenvalue weighted by atomic mass is 10.2. The summed E-state index contributed by atoms with van der Waals surface area (Å²) in [4.78, 5) is 23.7. The molecule has 1 aliphatic heterocycles. The van der Waals surface area contributed by atoms with Crippen LogP contribution < -0.4 is 10.1 Å². The maximum Gasteiger partial charge on any atom is 0.350 e. The highest BCUT2D eigenvalue weighted by Crippen LogP contribution is 2.36. The third-order valence-electron chi connectivity index (χ3n) is 2.74. The quantitative estimate of drug-likeness (QED) is 0.339. The van der Waals surface area contributed by atoms with Gasteiger partial charge in [0.05, 0.1) is 15.7 Å². The molecule has 22 heavy (non-hydrogen) atoms. The Balaban J connectivity index is 2.31. The molecule has 1 heterocycles. The van der Waals surface area contributed by atoms with Gasteiger partial charge in [-0.3, -0.25) is 0 Å². The first-order valence-corrected chi connectivity index (χ1v) is 7.66. The van der Waals surface area contributed by atoms with Gasteiger partial charge in [0.25, 0.3) is 5.79 Å². The second-order valence-corrected chi connectivity index (χ2v) is 6.39. The van der Waals surface area contributed by atoms with Crippen LogP contribution >= 0.6 is 34.2 Å². The second-order valence-electron chi connectivity index (χ2n) is 4.82. The summed E-state index contributed by atoms with van der Waals surface area (Å²) < 4.78 is 16.1. The van der Waals surface area contributed by atoms with Crippen molar-refractivity contribution in [3.05, 3.63) is 32.5 Å². The van der Waals surface area contributed by atoms with E-state index in [2.05, 4.69) is 27.9 Å². The number of rotatable bonds is 3. The van der Waals surface area contributed by atoms with Crippen LogP contribution in [0, 0.1) is 3.57 Å². The van der Waals surface area contributed by atoms with E-state index in [0.717, 1.165) is 3.57 Å². The first-order chi connectivity index (χ1) is 10.2. The van der Waals surface area contributed by atoms with Crippen LogP contribution in [0.3, 0.4) is 0 Å². The third kappa shape index (κ3) is 3.46. The third-order valence-corrected chi connectivity index (χ3v) is 3.91. The highest BCUT2D eigenvalue weighted by atomic mass is 127. The molecular formula is C14H13ClINO5. The van der Waals surface area contributed by atoms with E-state index in [9.17, 15) is 9.59 Å². The lowest BCUT2D eigenvalue weighted by Crippen LogP contribution is -2.42. The van der Waals surface area contributed by atoms with E-state index in [0.29, 0.717) is 16.5 Å². The summed E-state index contributed by atoms with van der Waals surface area (Å²) in [6, 6.07) is 3.46. The van der Waals surface area contributed by atoms with Crippen molar-refractivity contribution in [1.82, 2.24) is 0 Å². The number of cyclic esters (lactones) is 2. The first-order valence-electron chi connectivity index (χ1n) is 6.20. The molecule has 0 amide bonds. The Morgan fingerprint density at radius 2 is 1.86 bits per heavy atom. The zero-order valence-corrected chi connectivity index (χ0v) is 14.9. The topological polar surface area (TPSA) is 73.9 Å². The number of nitrogens with one attached hydrogen (secondary N) is 1. The predicted molar refractivity (Wildman–Crippen MR) is 88.7 cm³/mol. The maximum absolute atomic E-state index is 11.9. The molecule has 1 aromatic rings. The monoisotopic (exact) mass is 437 g/mol. The van der Waals surface area contributed by atoms with Crippen molar-refractivity contribution in [2.75, 3.05) is 12.4 Å². The van der Waals surface area contributed by atoms with Crippen molar-refractivity contribution in [2.24, 2.45) is 0 Å². The average Bonchev–Trinajstić information content (AvgIpc) is 2.40. The standard InChI is InChI=1S/C14H13ClINO5/c1-14(2)21-12(18)7(13(19)22-14)6-17-10-8(15)4-5-9(16)11(10)20-3/h4-6,17H,1-3H3. The van der Waals surface area contributed by atoms with E-state index < -0.39 is 17.7 Å². The van der Waals surface area contributed by atoms with Gasteiger partial charge < -0.3 is 19.5 Å². The maximum atomic E-state index is 11.9. The number of hydrogen-bond acceptors (Lipinski definition) is 6. The lowest BCUT2D eigenvalue weighted by Gasteiger charge is -2.29. The molecule has 0 aliphatic carbocycles. The van der Waals surface area contributed by atoms with Gasteiger partial charge in [0, 0.05) is 20.0 Å². The van der Waals surface area contributed by atoms with Gasteiger partial charge in [-0.25, -0.2) is 9.59 Å². The summed E-state index contributed by atoms with van der Waals surface area (Å²) in [6.07, 6.45) is 1.19. The van der Waals surface area contributed by atoms with E-state index in [-0.39, 0.29) is 5.57 Å². The Hall–Kier alpha value is -1.48. The SMILES string of the molecule is COc1c(I)ccc(Cl)c1NC=C1C(=O)OC(C)(C)OC1=O. The van der Waals surface area contributed by atoms with E-state index in [1.165, 1.54) is 27.2 Å². The largest absolute Gasteiger partial charge is 0.493 e. The molecule has 2 rings (SSSR count). The van der Waals surface area contributed by atoms with E-state index in [1.54, 1.807) is 12.1 Å². The molecule has 0 saturated carbocycles. The molecule has 0 spiro atoms. The van der Waals surface area contributed by atoms with Crippen LogP contribution in [0.4, 0.5) is 5.69 Å². The Morgan fingerprint density at radius 3 is 2.41 bits per heavy atom. The van der Waals surface area contributed by atoms with Crippen LogP contribution in [-0.4, -0.2) is 24.8 Å². The highest BCUT2D eigenvalue weighted by molar-refractivity contribution is 14.1. The fraction of sp³-hybridized carbons (Fsp3) is 0.286. The number of halogens is 2. The number of methoxy groups -OCH3 is 1. The number of esters is 2. The van der Waals surface area contributed by atoms with Crippen molar-refractivity contribution in [1.29, 1.82) is 0 Å². The second kappa shape index (κ2) is 6.33. The molecule has 1 aromatic carbocycles. The molecule has 1 saturated heterocycles. The zero-order chi connectivity index (χ0) is 16.5. The van der Waals surface area contributed by atoms with Crippen LogP contribution in [0.2, 0.25) is 5.02 Å². The number of benzene rings is 1.